The van der Waals surface area contributed by atoms with E-state index in [0.717, 1.165) is 28.6 Å². The van der Waals surface area contributed by atoms with E-state index in [0.29, 0.717) is 19.0 Å². The number of hydrogen-bond acceptors (Lipinski definition) is 2. The number of rotatable bonds is 3. The van der Waals surface area contributed by atoms with Gasteiger partial charge >= 0.3 is 0 Å². The first-order valence-corrected chi connectivity index (χ1v) is 8.71. The monoisotopic (exact) mass is 364 g/mol. The molecule has 0 spiro atoms. The van der Waals surface area contributed by atoms with E-state index < -0.39 is 0 Å². The first-order chi connectivity index (χ1) is 10.5. The van der Waals surface area contributed by atoms with Gasteiger partial charge in [0.05, 0.1) is 11.6 Å². The molecule has 4 nitrogen and oxygen atoms in total. The highest BCUT2D eigenvalue weighted by atomic mass is 79.9. The Kier molecular flexibility index (Phi) is 4.52. The summed E-state index contributed by atoms with van der Waals surface area (Å²) in [6.07, 6.45) is 4.83. The second-order valence-electron chi connectivity index (χ2n) is 6.35. The highest BCUT2D eigenvalue weighted by molar-refractivity contribution is 9.10. The van der Waals surface area contributed by atoms with Gasteiger partial charge in [-0.2, -0.15) is 0 Å². The summed E-state index contributed by atoms with van der Waals surface area (Å²) in [6.45, 7) is 2.48. The molecule has 1 heterocycles. The Balaban J connectivity index is 1.68. The summed E-state index contributed by atoms with van der Waals surface area (Å²) in [6, 6.07) is 6.23. The second-order valence-corrected chi connectivity index (χ2v) is 7.20. The predicted molar refractivity (Wildman–Crippen MR) is 89.7 cm³/mol. The Bertz CT molecular complexity index is 596. The van der Waals surface area contributed by atoms with Crippen LogP contribution in [0.2, 0.25) is 0 Å². The van der Waals surface area contributed by atoms with Crippen LogP contribution in [0.1, 0.15) is 37.7 Å². The Morgan fingerprint density at radius 1 is 1.32 bits per heavy atom. The van der Waals surface area contributed by atoms with Crippen LogP contribution in [0.3, 0.4) is 0 Å². The van der Waals surface area contributed by atoms with Crippen molar-refractivity contribution in [3.63, 3.8) is 0 Å². The molecule has 3 rings (SSSR count). The van der Waals surface area contributed by atoms with E-state index in [9.17, 15) is 9.59 Å². The Hall–Kier alpha value is -1.36. The summed E-state index contributed by atoms with van der Waals surface area (Å²) in [5.41, 5.74) is 1.99. The molecule has 2 aliphatic rings. The fourth-order valence-electron chi connectivity index (χ4n) is 3.34. The summed E-state index contributed by atoms with van der Waals surface area (Å²) in [5.74, 6) is -0.177. The number of aryl methyl sites for hydroxylation is 1. The van der Waals surface area contributed by atoms with Gasteiger partial charge in [-0.1, -0.05) is 18.9 Å². The van der Waals surface area contributed by atoms with Crippen molar-refractivity contribution in [1.82, 2.24) is 5.32 Å². The number of amides is 2. The molecule has 1 N–H and O–H groups in total. The quantitative estimate of drug-likeness (QED) is 0.895. The van der Waals surface area contributed by atoms with E-state index in [-0.39, 0.29) is 17.7 Å². The summed E-state index contributed by atoms with van der Waals surface area (Å²) < 4.78 is 0.901. The average molecular weight is 365 g/mol. The molecule has 1 aliphatic carbocycles. The van der Waals surface area contributed by atoms with Gasteiger partial charge in [-0.3, -0.25) is 9.59 Å². The molecular formula is C17H21BrN2O2. The van der Waals surface area contributed by atoms with Crippen LogP contribution in [0.5, 0.6) is 0 Å². The molecule has 0 aromatic heterocycles. The Labute approximate surface area is 139 Å². The molecule has 118 valence electrons. The zero-order valence-corrected chi connectivity index (χ0v) is 14.4. The molecule has 2 fully saturated rings. The van der Waals surface area contributed by atoms with Crippen molar-refractivity contribution >= 4 is 33.4 Å². The summed E-state index contributed by atoms with van der Waals surface area (Å²) in [5, 5.41) is 3.11. The first kappa shape index (κ1) is 15.5. The molecule has 1 aliphatic heterocycles. The van der Waals surface area contributed by atoms with Crippen LogP contribution in [0.15, 0.2) is 22.7 Å². The number of halogens is 1. The van der Waals surface area contributed by atoms with Crippen molar-refractivity contribution in [3.05, 3.63) is 28.2 Å². The lowest BCUT2D eigenvalue weighted by molar-refractivity contribution is -0.126. The highest BCUT2D eigenvalue weighted by Gasteiger charge is 2.36. The van der Waals surface area contributed by atoms with Crippen molar-refractivity contribution in [1.29, 1.82) is 0 Å². The van der Waals surface area contributed by atoms with E-state index >= 15 is 0 Å². The lowest BCUT2D eigenvalue weighted by Gasteiger charge is -2.19. The van der Waals surface area contributed by atoms with Gasteiger partial charge in [-0.15, -0.1) is 0 Å². The minimum absolute atomic E-state index is 0.0242. The van der Waals surface area contributed by atoms with Crippen molar-refractivity contribution in [2.75, 3.05) is 11.4 Å². The fourth-order valence-corrected chi connectivity index (χ4v) is 4.04. The molecule has 1 saturated carbocycles. The first-order valence-electron chi connectivity index (χ1n) is 7.91. The van der Waals surface area contributed by atoms with Gasteiger partial charge in [-0.05, 0) is 53.4 Å². The molecule has 1 saturated heterocycles. The largest absolute Gasteiger partial charge is 0.353 e. The lowest BCUT2D eigenvalue weighted by Crippen LogP contribution is -2.38. The number of benzene rings is 1. The standard InChI is InChI=1S/C17H21BrN2O2/c1-11-6-7-15(14(18)8-11)20-10-12(9-16(20)21)17(22)19-13-4-2-3-5-13/h6-8,12-13H,2-5,9-10H2,1H3,(H,19,22). The minimum Gasteiger partial charge on any atom is -0.353 e. The van der Waals surface area contributed by atoms with E-state index in [2.05, 4.69) is 21.2 Å². The number of hydrogen-bond donors (Lipinski definition) is 1. The molecule has 0 radical (unpaired) electrons. The van der Waals surface area contributed by atoms with Crippen molar-refractivity contribution < 1.29 is 9.59 Å². The van der Waals surface area contributed by atoms with Gasteiger partial charge in [0.1, 0.15) is 0 Å². The van der Waals surface area contributed by atoms with Crippen molar-refractivity contribution in [2.45, 2.75) is 45.1 Å². The number of anilines is 1. The number of nitrogens with zero attached hydrogens (tertiary/aromatic N) is 1. The molecule has 5 heteroatoms. The lowest BCUT2D eigenvalue weighted by atomic mass is 10.1. The summed E-state index contributed by atoms with van der Waals surface area (Å²) in [7, 11) is 0. The van der Waals surface area contributed by atoms with Gasteiger partial charge in [0, 0.05) is 23.5 Å². The van der Waals surface area contributed by atoms with Crippen LogP contribution >= 0.6 is 15.9 Å². The molecular weight excluding hydrogens is 344 g/mol. The smallest absolute Gasteiger partial charge is 0.227 e. The summed E-state index contributed by atoms with van der Waals surface area (Å²) >= 11 is 3.52. The zero-order valence-electron chi connectivity index (χ0n) is 12.8. The minimum atomic E-state index is -0.235. The third-order valence-corrected chi connectivity index (χ3v) is 5.23. The zero-order chi connectivity index (χ0) is 15.7. The molecule has 22 heavy (non-hydrogen) atoms. The molecule has 1 unspecified atom stereocenters. The third-order valence-electron chi connectivity index (χ3n) is 4.59. The van der Waals surface area contributed by atoms with E-state index in [1.165, 1.54) is 12.8 Å². The topological polar surface area (TPSA) is 49.4 Å². The summed E-state index contributed by atoms with van der Waals surface area (Å²) in [4.78, 5) is 26.4. The molecule has 1 aromatic carbocycles. The van der Waals surface area contributed by atoms with Crippen LogP contribution in [0.4, 0.5) is 5.69 Å². The van der Waals surface area contributed by atoms with Crippen LogP contribution in [-0.2, 0) is 9.59 Å². The predicted octanol–water partition coefficient (Wildman–Crippen LogP) is 3.17. The Morgan fingerprint density at radius 3 is 2.73 bits per heavy atom. The number of carbonyl (C=O) groups excluding carboxylic acids is 2. The van der Waals surface area contributed by atoms with E-state index in [1.807, 2.05) is 25.1 Å². The maximum absolute atomic E-state index is 12.4. The highest BCUT2D eigenvalue weighted by Crippen LogP contribution is 2.32. The maximum Gasteiger partial charge on any atom is 0.227 e. The third kappa shape index (κ3) is 3.19. The van der Waals surface area contributed by atoms with Crippen LogP contribution < -0.4 is 10.2 Å². The van der Waals surface area contributed by atoms with Gasteiger partial charge in [-0.25, -0.2) is 0 Å². The second kappa shape index (κ2) is 6.41. The van der Waals surface area contributed by atoms with Crippen molar-refractivity contribution in [3.8, 4) is 0 Å². The average Bonchev–Trinajstić information content (AvgIpc) is 3.09. The van der Waals surface area contributed by atoms with Gasteiger partial charge in [0.15, 0.2) is 0 Å². The molecule has 1 atom stereocenters. The van der Waals surface area contributed by atoms with Crippen LogP contribution in [0, 0.1) is 12.8 Å². The van der Waals surface area contributed by atoms with Gasteiger partial charge in [0.25, 0.3) is 0 Å². The molecule has 0 bridgehead atoms. The fraction of sp³-hybridized carbons (Fsp3) is 0.529. The number of carbonyl (C=O) groups is 2. The van der Waals surface area contributed by atoms with E-state index in [4.69, 9.17) is 0 Å². The van der Waals surface area contributed by atoms with Crippen LogP contribution in [-0.4, -0.2) is 24.4 Å². The van der Waals surface area contributed by atoms with E-state index in [1.54, 1.807) is 4.90 Å². The van der Waals surface area contributed by atoms with Gasteiger partial charge < -0.3 is 10.2 Å². The van der Waals surface area contributed by atoms with Crippen LogP contribution in [0.25, 0.3) is 0 Å². The number of nitrogens with one attached hydrogen (secondary N) is 1. The molecule has 1 aromatic rings. The van der Waals surface area contributed by atoms with Gasteiger partial charge in [0.2, 0.25) is 11.8 Å². The molecule has 2 amide bonds. The van der Waals surface area contributed by atoms with Crippen molar-refractivity contribution in [2.24, 2.45) is 5.92 Å². The maximum atomic E-state index is 12.4. The SMILES string of the molecule is Cc1ccc(N2CC(C(=O)NC3CCCC3)CC2=O)c(Br)c1. The Morgan fingerprint density at radius 2 is 2.05 bits per heavy atom. The normalized spacial score (nSPS) is 22.4.